The number of H-pyrrole nitrogens is 1. The lowest BCUT2D eigenvalue weighted by molar-refractivity contribution is -0.157. The lowest BCUT2D eigenvalue weighted by Gasteiger charge is -2.28. The fourth-order valence-electron chi connectivity index (χ4n) is 3.08. The fourth-order valence-corrected chi connectivity index (χ4v) is 3.08. The molecule has 0 aliphatic heterocycles. The fraction of sp³-hybridized carbons (Fsp3) is 0.435. The number of carboxylic acids is 1. The van der Waals surface area contributed by atoms with Crippen LogP contribution in [0.5, 0.6) is 5.88 Å². The van der Waals surface area contributed by atoms with Crippen molar-refractivity contribution in [3.05, 3.63) is 52.1 Å². The Morgan fingerprint density at radius 1 is 1.17 bits per heavy atom. The minimum Gasteiger partial charge on any atom is -0.492 e. The number of aromatic hydroxyl groups is 1. The zero-order chi connectivity index (χ0) is 27.0. The monoisotopic (exact) mass is 506 g/mol. The third kappa shape index (κ3) is 8.18. The maximum atomic E-state index is 12.9. The smallest absolute Gasteiger partial charge is 0.408 e. The van der Waals surface area contributed by atoms with E-state index >= 15 is 0 Å². The summed E-state index contributed by atoms with van der Waals surface area (Å²) in [6.45, 7) is 5.21. The number of benzene rings is 1. The van der Waals surface area contributed by atoms with Gasteiger partial charge in [-0.05, 0) is 26.3 Å². The summed E-state index contributed by atoms with van der Waals surface area (Å²) >= 11 is 0. The van der Waals surface area contributed by atoms with Crippen LogP contribution < -0.4 is 16.0 Å². The zero-order valence-electron chi connectivity index (χ0n) is 20.4. The van der Waals surface area contributed by atoms with Crippen LogP contribution in [0.25, 0.3) is 0 Å². The Morgan fingerprint density at radius 3 is 2.36 bits per heavy atom. The number of carboxylic acid groups (broad SMARTS) is 1. The number of imidazole rings is 1. The summed E-state index contributed by atoms with van der Waals surface area (Å²) in [4.78, 5) is 63.4. The molecule has 0 saturated carbocycles. The maximum absolute atomic E-state index is 12.9. The molecule has 13 nitrogen and oxygen atoms in total. The van der Waals surface area contributed by atoms with E-state index in [1.807, 2.05) is 0 Å². The molecule has 1 atom stereocenters. The summed E-state index contributed by atoms with van der Waals surface area (Å²) in [5.74, 6) is -3.54. The van der Waals surface area contributed by atoms with E-state index in [9.17, 15) is 29.1 Å². The van der Waals surface area contributed by atoms with Gasteiger partial charge in [-0.25, -0.2) is 19.4 Å². The van der Waals surface area contributed by atoms with Crippen molar-refractivity contribution in [2.45, 2.75) is 58.8 Å². The number of amides is 2. The van der Waals surface area contributed by atoms with Gasteiger partial charge in [0.2, 0.25) is 11.8 Å². The molecule has 36 heavy (non-hydrogen) atoms. The van der Waals surface area contributed by atoms with E-state index in [0.717, 1.165) is 11.9 Å². The molecular formula is C23H30N4O9. The predicted octanol–water partition coefficient (Wildman–Crippen LogP) is 1.02. The summed E-state index contributed by atoms with van der Waals surface area (Å²) in [7, 11) is 0. The van der Waals surface area contributed by atoms with Gasteiger partial charge in [0.05, 0.1) is 18.7 Å². The quantitative estimate of drug-likeness (QED) is 0.342. The van der Waals surface area contributed by atoms with E-state index in [-0.39, 0.29) is 25.1 Å². The van der Waals surface area contributed by atoms with Gasteiger partial charge in [0.1, 0.15) is 18.2 Å². The molecule has 2 amide bonds. The van der Waals surface area contributed by atoms with E-state index < -0.39 is 53.7 Å². The molecule has 1 aromatic heterocycles. The van der Waals surface area contributed by atoms with Crippen LogP contribution in [0, 0.1) is 0 Å². The zero-order valence-corrected chi connectivity index (χ0v) is 20.4. The van der Waals surface area contributed by atoms with Crippen LogP contribution in [0.15, 0.2) is 35.1 Å². The van der Waals surface area contributed by atoms with E-state index in [4.69, 9.17) is 14.6 Å². The lowest BCUT2D eigenvalue weighted by atomic mass is 10.2. The molecule has 1 heterocycles. The van der Waals surface area contributed by atoms with Gasteiger partial charge in [0.25, 0.3) is 0 Å². The molecule has 196 valence electrons. The highest BCUT2D eigenvalue weighted by Crippen LogP contribution is 2.16. The largest absolute Gasteiger partial charge is 0.492 e. The number of aromatic nitrogens is 2. The van der Waals surface area contributed by atoms with Crippen molar-refractivity contribution in [1.82, 2.24) is 15.0 Å². The molecule has 0 radical (unpaired) electrons. The average Bonchev–Trinajstić information content (AvgIpc) is 3.06. The molecule has 0 saturated heterocycles. The van der Waals surface area contributed by atoms with Crippen molar-refractivity contribution >= 4 is 23.9 Å². The van der Waals surface area contributed by atoms with Crippen molar-refractivity contribution in [3.8, 4) is 5.88 Å². The first-order chi connectivity index (χ1) is 16.8. The van der Waals surface area contributed by atoms with E-state index in [0.29, 0.717) is 10.2 Å². The van der Waals surface area contributed by atoms with Crippen LogP contribution in [0.1, 0.15) is 45.4 Å². The Balaban J connectivity index is 2.29. The SMILES string of the molecule is CC(=O)N(C[C@H](NC(=O)OCc1ccccc1)C(=O)OC(C)(C)C)n1c(O)c(CCC(=O)O)[nH]c1=O. The van der Waals surface area contributed by atoms with Crippen LogP contribution in [0.2, 0.25) is 0 Å². The molecule has 1 aromatic carbocycles. The Labute approximate surface area is 206 Å². The van der Waals surface area contributed by atoms with Gasteiger partial charge in [-0.15, -0.1) is 0 Å². The molecule has 2 rings (SSSR count). The highest BCUT2D eigenvalue weighted by atomic mass is 16.6. The first kappa shape index (κ1) is 28.0. The van der Waals surface area contributed by atoms with Crippen molar-refractivity contribution < 1.29 is 38.9 Å². The number of rotatable bonds is 10. The molecule has 0 bridgehead atoms. The standard InChI is InChI=1S/C23H30N4O9/c1-14(28)26(27-19(31)16(24-21(27)33)10-11-18(29)30)12-17(20(32)36-23(2,3)4)25-22(34)35-13-15-8-6-5-7-9-15/h5-9,17,31H,10-13H2,1-4H3,(H,24,33)(H,25,34)(H,29,30)/t17-/m0/s1. The van der Waals surface area contributed by atoms with E-state index in [1.165, 1.54) is 0 Å². The van der Waals surface area contributed by atoms with Gasteiger partial charge in [0, 0.05) is 13.3 Å². The molecular weight excluding hydrogens is 476 g/mol. The Bertz CT molecular complexity index is 1150. The van der Waals surface area contributed by atoms with Gasteiger partial charge < -0.3 is 30.0 Å². The molecule has 2 aromatic rings. The highest BCUT2D eigenvalue weighted by molar-refractivity contribution is 5.87. The van der Waals surface area contributed by atoms with Crippen molar-refractivity contribution in [3.63, 3.8) is 0 Å². The van der Waals surface area contributed by atoms with E-state index in [1.54, 1.807) is 51.1 Å². The molecule has 0 aliphatic carbocycles. The maximum Gasteiger partial charge on any atom is 0.408 e. The van der Waals surface area contributed by atoms with E-state index in [2.05, 4.69) is 10.3 Å². The minimum atomic E-state index is -1.49. The van der Waals surface area contributed by atoms with Crippen molar-refractivity contribution in [2.75, 3.05) is 11.6 Å². The number of aromatic amines is 1. The van der Waals surface area contributed by atoms with Crippen LogP contribution in [0.3, 0.4) is 0 Å². The average molecular weight is 507 g/mol. The van der Waals surface area contributed by atoms with Crippen molar-refractivity contribution in [1.29, 1.82) is 0 Å². The second kappa shape index (κ2) is 11.9. The van der Waals surface area contributed by atoms with Crippen LogP contribution >= 0.6 is 0 Å². The van der Waals surface area contributed by atoms with Gasteiger partial charge in [-0.1, -0.05) is 30.3 Å². The summed E-state index contributed by atoms with van der Waals surface area (Å²) in [6.07, 6.45) is -1.58. The molecule has 4 N–H and O–H groups in total. The number of carbonyl (C=O) groups is 4. The molecule has 0 spiro atoms. The number of esters is 1. The topological polar surface area (TPSA) is 180 Å². The van der Waals surface area contributed by atoms with Crippen LogP contribution in [0.4, 0.5) is 4.79 Å². The van der Waals surface area contributed by atoms with Crippen molar-refractivity contribution in [2.24, 2.45) is 0 Å². The summed E-state index contributed by atoms with van der Waals surface area (Å²) < 4.78 is 11.1. The normalized spacial score (nSPS) is 11.9. The number of hydrogen-bond acceptors (Lipinski definition) is 8. The number of aryl methyl sites for hydroxylation is 1. The summed E-state index contributed by atoms with van der Waals surface area (Å²) in [6, 6.07) is 7.30. The summed E-state index contributed by atoms with van der Waals surface area (Å²) in [5.41, 5.74) is -1.30. The number of ether oxygens (including phenoxy) is 2. The molecule has 0 fully saturated rings. The summed E-state index contributed by atoms with van der Waals surface area (Å²) in [5, 5.41) is 22.4. The van der Waals surface area contributed by atoms with Crippen LogP contribution in [-0.2, 0) is 36.9 Å². The number of alkyl carbamates (subject to hydrolysis) is 1. The number of carbonyl (C=O) groups excluding carboxylic acids is 3. The number of nitrogens with zero attached hydrogens (tertiary/aromatic N) is 2. The van der Waals surface area contributed by atoms with Gasteiger partial charge in [-0.3, -0.25) is 9.59 Å². The number of aliphatic carboxylic acids is 1. The Hall–Kier alpha value is -4.29. The predicted molar refractivity (Wildman–Crippen MR) is 126 cm³/mol. The minimum absolute atomic E-state index is 0.0882. The molecule has 0 unspecified atom stereocenters. The Kier molecular flexibility index (Phi) is 9.25. The lowest BCUT2D eigenvalue weighted by Crippen LogP contribution is -2.56. The van der Waals surface area contributed by atoms with Gasteiger partial charge in [0.15, 0.2) is 0 Å². The van der Waals surface area contributed by atoms with Gasteiger partial charge in [-0.2, -0.15) is 4.68 Å². The first-order valence-corrected chi connectivity index (χ1v) is 11.0. The highest BCUT2D eigenvalue weighted by Gasteiger charge is 2.32. The molecule has 13 heteroatoms. The first-order valence-electron chi connectivity index (χ1n) is 11.0. The third-order valence-electron chi connectivity index (χ3n) is 4.67. The molecule has 0 aliphatic rings. The second-order valence-corrected chi connectivity index (χ2v) is 8.83. The van der Waals surface area contributed by atoms with Crippen LogP contribution in [-0.4, -0.2) is 62.0 Å². The Morgan fingerprint density at radius 2 is 1.81 bits per heavy atom. The second-order valence-electron chi connectivity index (χ2n) is 8.83. The van der Waals surface area contributed by atoms with Gasteiger partial charge >= 0.3 is 23.7 Å². The third-order valence-corrected chi connectivity index (χ3v) is 4.67. The number of hydrogen-bond donors (Lipinski definition) is 4. The number of nitrogens with one attached hydrogen (secondary N) is 2.